The molecule has 0 fully saturated rings. The van der Waals surface area contributed by atoms with Gasteiger partial charge < -0.3 is 11.1 Å². The molecule has 3 nitrogen and oxygen atoms in total. The lowest BCUT2D eigenvalue weighted by Crippen LogP contribution is -2.25. The smallest absolute Gasteiger partial charge is 0.254 e. The normalized spacial score (nSPS) is 9.75. The second kappa shape index (κ2) is 9.40. The molecule has 0 heterocycles. The standard InChI is InChI=1S/C15H19FN2OS/c1-20-10-3-2-9-18-15(19)13-11-12(5-4-8-17)6-7-14(13)16/h6-7,11H,2-3,8-10,17H2,1H3,(H,18,19). The fourth-order valence-electron chi connectivity index (χ4n) is 1.60. The third kappa shape index (κ3) is 5.64. The molecular formula is C15H19FN2OS. The fraction of sp³-hybridized carbons (Fsp3) is 0.400. The molecule has 3 N–H and O–H groups in total. The van der Waals surface area contributed by atoms with Gasteiger partial charge in [0.15, 0.2) is 0 Å². The van der Waals surface area contributed by atoms with Crippen molar-refractivity contribution in [1.82, 2.24) is 5.32 Å². The van der Waals surface area contributed by atoms with Gasteiger partial charge >= 0.3 is 0 Å². The summed E-state index contributed by atoms with van der Waals surface area (Å²) in [6.07, 6.45) is 3.97. The van der Waals surface area contributed by atoms with Crippen LogP contribution in [0.4, 0.5) is 4.39 Å². The third-order valence-electron chi connectivity index (χ3n) is 2.61. The molecule has 0 atom stereocenters. The zero-order valence-corrected chi connectivity index (χ0v) is 12.4. The predicted octanol–water partition coefficient (Wildman–Crippen LogP) is 2.01. The van der Waals surface area contributed by atoms with E-state index in [0.29, 0.717) is 12.1 Å². The van der Waals surface area contributed by atoms with Crippen molar-refractivity contribution in [2.45, 2.75) is 12.8 Å². The highest BCUT2D eigenvalue weighted by atomic mass is 32.2. The number of nitrogens with one attached hydrogen (secondary N) is 1. The Kier molecular flexibility index (Phi) is 7.78. The number of hydrogen-bond acceptors (Lipinski definition) is 3. The largest absolute Gasteiger partial charge is 0.352 e. The minimum Gasteiger partial charge on any atom is -0.352 e. The van der Waals surface area contributed by atoms with Gasteiger partial charge in [0.05, 0.1) is 12.1 Å². The van der Waals surface area contributed by atoms with Gasteiger partial charge in [0.2, 0.25) is 0 Å². The molecule has 0 bridgehead atoms. The molecular weight excluding hydrogens is 275 g/mol. The maximum atomic E-state index is 13.6. The van der Waals surface area contributed by atoms with Gasteiger partial charge in [0, 0.05) is 12.1 Å². The van der Waals surface area contributed by atoms with E-state index in [9.17, 15) is 9.18 Å². The highest BCUT2D eigenvalue weighted by molar-refractivity contribution is 7.98. The number of amides is 1. The minimum absolute atomic E-state index is 0.0266. The van der Waals surface area contributed by atoms with Crippen LogP contribution in [0.1, 0.15) is 28.8 Å². The summed E-state index contributed by atoms with van der Waals surface area (Å²) in [5.41, 5.74) is 5.90. The van der Waals surface area contributed by atoms with Crippen molar-refractivity contribution >= 4 is 17.7 Å². The van der Waals surface area contributed by atoms with Crippen LogP contribution >= 0.6 is 11.8 Å². The molecule has 0 aromatic heterocycles. The number of rotatable bonds is 6. The first kappa shape index (κ1) is 16.5. The monoisotopic (exact) mass is 294 g/mol. The summed E-state index contributed by atoms with van der Waals surface area (Å²) < 4.78 is 13.6. The van der Waals surface area contributed by atoms with Gasteiger partial charge in [-0.15, -0.1) is 0 Å². The Hall–Kier alpha value is -1.51. The zero-order valence-electron chi connectivity index (χ0n) is 11.5. The number of hydrogen-bond donors (Lipinski definition) is 2. The summed E-state index contributed by atoms with van der Waals surface area (Å²) in [5, 5.41) is 2.72. The van der Waals surface area contributed by atoms with Crippen molar-refractivity contribution in [2.75, 3.05) is 25.1 Å². The Labute approximate surface area is 123 Å². The van der Waals surface area contributed by atoms with Crippen molar-refractivity contribution in [3.63, 3.8) is 0 Å². The summed E-state index contributed by atoms with van der Waals surface area (Å²) in [6, 6.07) is 4.24. The molecule has 0 aliphatic carbocycles. The second-order valence-corrected chi connectivity index (χ2v) is 5.14. The maximum absolute atomic E-state index is 13.6. The van der Waals surface area contributed by atoms with Gasteiger partial charge in [-0.05, 0) is 43.0 Å². The van der Waals surface area contributed by atoms with Gasteiger partial charge in [-0.1, -0.05) is 11.8 Å². The van der Waals surface area contributed by atoms with Crippen LogP contribution in [0.2, 0.25) is 0 Å². The van der Waals surface area contributed by atoms with Crippen molar-refractivity contribution in [1.29, 1.82) is 0 Å². The van der Waals surface area contributed by atoms with E-state index < -0.39 is 11.7 Å². The number of carbonyl (C=O) groups is 1. The molecule has 108 valence electrons. The quantitative estimate of drug-likeness (QED) is 0.623. The number of benzene rings is 1. The molecule has 0 unspecified atom stereocenters. The third-order valence-corrected chi connectivity index (χ3v) is 3.30. The highest BCUT2D eigenvalue weighted by Gasteiger charge is 2.11. The lowest BCUT2D eigenvalue weighted by atomic mass is 10.1. The van der Waals surface area contributed by atoms with Gasteiger partial charge in [0.1, 0.15) is 5.82 Å². The maximum Gasteiger partial charge on any atom is 0.254 e. The summed E-state index contributed by atoms with van der Waals surface area (Å²) in [7, 11) is 0. The van der Waals surface area contributed by atoms with E-state index in [0.717, 1.165) is 18.6 Å². The summed E-state index contributed by atoms with van der Waals surface area (Å²) >= 11 is 1.77. The highest BCUT2D eigenvalue weighted by Crippen LogP contribution is 2.10. The molecule has 0 aliphatic rings. The van der Waals surface area contributed by atoms with Gasteiger partial charge in [-0.3, -0.25) is 4.79 Å². The molecule has 1 aromatic carbocycles. The fourth-order valence-corrected chi connectivity index (χ4v) is 2.09. The Morgan fingerprint density at radius 3 is 2.95 bits per heavy atom. The molecule has 20 heavy (non-hydrogen) atoms. The average molecular weight is 294 g/mol. The van der Waals surface area contributed by atoms with Crippen LogP contribution in [-0.2, 0) is 0 Å². The molecule has 0 radical (unpaired) electrons. The first-order valence-electron chi connectivity index (χ1n) is 6.44. The Morgan fingerprint density at radius 2 is 2.25 bits per heavy atom. The first-order valence-corrected chi connectivity index (χ1v) is 7.84. The number of nitrogens with two attached hydrogens (primary N) is 1. The van der Waals surface area contributed by atoms with Crippen molar-refractivity contribution in [3.05, 3.63) is 35.1 Å². The molecule has 1 amide bonds. The van der Waals surface area contributed by atoms with Crippen LogP contribution in [0.3, 0.4) is 0 Å². The molecule has 0 saturated heterocycles. The number of halogens is 1. The number of thioether (sulfide) groups is 1. The number of carbonyl (C=O) groups excluding carboxylic acids is 1. The lowest BCUT2D eigenvalue weighted by molar-refractivity contribution is 0.0949. The first-order chi connectivity index (χ1) is 9.69. The van der Waals surface area contributed by atoms with E-state index in [1.54, 1.807) is 11.8 Å². The average Bonchev–Trinajstić information content (AvgIpc) is 2.46. The van der Waals surface area contributed by atoms with Crippen molar-refractivity contribution < 1.29 is 9.18 Å². The molecule has 5 heteroatoms. The van der Waals surface area contributed by atoms with E-state index >= 15 is 0 Å². The van der Waals surface area contributed by atoms with Crippen molar-refractivity contribution in [2.24, 2.45) is 5.73 Å². The number of unbranched alkanes of at least 4 members (excludes halogenated alkanes) is 1. The van der Waals surface area contributed by atoms with Crippen LogP contribution in [0, 0.1) is 17.7 Å². The Balaban J connectivity index is 2.62. The zero-order chi connectivity index (χ0) is 14.8. The molecule has 1 aromatic rings. The predicted molar refractivity (Wildman–Crippen MR) is 82.3 cm³/mol. The van der Waals surface area contributed by atoms with E-state index in [1.807, 2.05) is 6.26 Å². The summed E-state index contributed by atoms with van der Waals surface area (Å²) in [4.78, 5) is 11.9. The van der Waals surface area contributed by atoms with Crippen LogP contribution in [0.15, 0.2) is 18.2 Å². The molecule has 0 spiro atoms. The summed E-state index contributed by atoms with van der Waals surface area (Å²) in [5.74, 6) is 5.59. The SMILES string of the molecule is CSCCCCNC(=O)c1cc(C#CCN)ccc1F. The lowest BCUT2D eigenvalue weighted by Gasteiger charge is -2.06. The molecule has 0 saturated carbocycles. The molecule has 0 aliphatic heterocycles. The van der Waals surface area contributed by atoms with Gasteiger partial charge in [-0.25, -0.2) is 4.39 Å². The van der Waals surface area contributed by atoms with Gasteiger partial charge in [-0.2, -0.15) is 11.8 Å². The second-order valence-electron chi connectivity index (χ2n) is 4.16. The molecule has 1 rings (SSSR count). The Morgan fingerprint density at radius 1 is 1.45 bits per heavy atom. The minimum atomic E-state index is -0.537. The van der Waals surface area contributed by atoms with E-state index in [-0.39, 0.29) is 12.1 Å². The van der Waals surface area contributed by atoms with E-state index in [2.05, 4.69) is 17.2 Å². The van der Waals surface area contributed by atoms with Gasteiger partial charge in [0.25, 0.3) is 5.91 Å². The summed E-state index contributed by atoms with van der Waals surface area (Å²) in [6.45, 7) is 0.784. The van der Waals surface area contributed by atoms with Crippen LogP contribution in [-0.4, -0.2) is 31.0 Å². The van der Waals surface area contributed by atoms with Crippen LogP contribution < -0.4 is 11.1 Å². The topological polar surface area (TPSA) is 55.1 Å². The van der Waals surface area contributed by atoms with Crippen LogP contribution in [0.25, 0.3) is 0 Å². The van der Waals surface area contributed by atoms with Crippen molar-refractivity contribution in [3.8, 4) is 11.8 Å². The van der Waals surface area contributed by atoms with E-state index in [1.165, 1.54) is 18.2 Å². The van der Waals surface area contributed by atoms with E-state index in [4.69, 9.17) is 5.73 Å². The van der Waals surface area contributed by atoms with Crippen LogP contribution in [0.5, 0.6) is 0 Å². The Bertz CT molecular complexity index is 508.